The van der Waals surface area contributed by atoms with Crippen molar-refractivity contribution in [1.82, 2.24) is 24.8 Å². The van der Waals surface area contributed by atoms with E-state index in [-0.39, 0.29) is 5.91 Å². The van der Waals surface area contributed by atoms with Crippen LogP contribution in [0.4, 0.5) is 0 Å². The number of piperidine rings is 1. The monoisotopic (exact) mass is 351 g/mol. The molecule has 2 aromatic heterocycles. The van der Waals surface area contributed by atoms with Gasteiger partial charge >= 0.3 is 0 Å². The Balaban J connectivity index is 1.45. The Kier molecular flexibility index (Phi) is 4.93. The van der Waals surface area contributed by atoms with Crippen LogP contribution in [0.2, 0.25) is 0 Å². The van der Waals surface area contributed by atoms with Crippen LogP contribution in [-0.2, 0) is 24.3 Å². The van der Waals surface area contributed by atoms with Gasteiger partial charge in [0.15, 0.2) is 0 Å². The minimum Gasteiger partial charge on any atom is -0.338 e. The fourth-order valence-electron chi connectivity index (χ4n) is 3.95. The van der Waals surface area contributed by atoms with Gasteiger partial charge < -0.3 is 4.90 Å². The predicted molar refractivity (Wildman–Crippen MR) is 98.3 cm³/mol. The van der Waals surface area contributed by atoms with Crippen LogP contribution in [0.3, 0.4) is 0 Å². The first-order valence-electron chi connectivity index (χ1n) is 9.40. The molecule has 0 spiro atoms. The molecule has 6 heteroatoms. The van der Waals surface area contributed by atoms with Crippen LogP contribution in [0, 0.1) is 0 Å². The van der Waals surface area contributed by atoms with Crippen LogP contribution in [0.25, 0.3) is 0 Å². The molecule has 0 radical (unpaired) electrons. The molecule has 2 aliphatic rings. The topological polar surface area (TPSA) is 62.2 Å². The summed E-state index contributed by atoms with van der Waals surface area (Å²) in [6.07, 6.45) is 8.80. The Bertz CT molecular complexity index is 779. The van der Waals surface area contributed by atoms with E-state index in [0.717, 1.165) is 56.1 Å². The Morgan fingerprint density at radius 2 is 2.12 bits per heavy atom. The molecule has 1 amide bonds. The number of carbonyl (C=O) groups is 1. The summed E-state index contributed by atoms with van der Waals surface area (Å²) in [5.41, 5.74) is 3.52. The number of nitrogens with zero attached hydrogens (tertiary/aromatic N) is 5. The van der Waals surface area contributed by atoms with E-state index in [4.69, 9.17) is 4.98 Å². The maximum atomic E-state index is 11.6. The van der Waals surface area contributed by atoms with Crippen molar-refractivity contribution in [2.75, 3.05) is 19.6 Å². The van der Waals surface area contributed by atoms with Gasteiger partial charge in [0.25, 0.3) is 0 Å². The summed E-state index contributed by atoms with van der Waals surface area (Å²) >= 11 is 0. The van der Waals surface area contributed by atoms with Crippen LogP contribution < -0.4 is 0 Å². The second kappa shape index (κ2) is 7.50. The summed E-state index contributed by atoms with van der Waals surface area (Å²) in [6.45, 7) is 6.11. The van der Waals surface area contributed by atoms with Gasteiger partial charge in [0.2, 0.25) is 5.91 Å². The summed E-state index contributed by atoms with van der Waals surface area (Å²) < 4.78 is 0. The molecule has 1 fully saturated rings. The first-order valence-corrected chi connectivity index (χ1v) is 9.40. The molecule has 0 saturated carbocycles. The molecule has 4 heterocycles. The Labute approximate surface area is 154 Å². The highest BCUT2D eigenvalue weighted by atomic mass is 16.2. The van der Waals surface area contributed by atoms with Gasteiger partial charge in [-0.05, 0) is 37.1 Å². The molecule has 2 aromatic rings. The fraction of sp³-hybridized carbons (Fsp3) is 0.500. The second-order valence-corrected chi connectivity index (χ2v) is 7.32. The standard InChI is InChI=1S/C20H25N5O/c1-15(26)25-10-6-19-18(14-25)11-22-20(23-19)17-3-2-9-24(13-17)12-16-4-7-21-8-5-16/h4-5,7-8,11,17H,2-3,6,9-10,12-14H2,1H3. The zero-order valence-electron chi connectivity index (χ0n) is 15.3. The first-order chi connectivity index (χ1) is 12.7. The fourth-order valence-corrected chi connectivity index (χ4v) is 3.95. The van der Waals surface area contributed by atoms with Crippen LogP contribution >= 0.6 is 0 Å². The lowest BCUT2D eigenvalue weighted by molar-refractivity contribution is -0.129. The van der Waals surface area contributed by atoms with Gasteiger partial charge in [-0.2, -0.15) is 0 Å². The average Bonchev–Trinajstić information content (AvgIpc) is 2.68. The van der Waals surface area contributed by atoms with E-state index in [1.807, 2.05) is 23.5 Å². The SMILES string of the molecule is CC(=O)N1CCc2nc(C3CCCN(Cc4ccncc4)C3)ncc2C1. The maximum Gasteiger partial charge on any atom is 0.219 e. The number of aromatic nitrogens is 3. The van der Waals surface area contributed by atoms with Crippen molar-refractivity contribution in [3.63, 3.8) is 0 Å². The number of hydrogen-bond acceptors (Lipinski definition) is 5. The molecule has 2 aliphatic heterocycles. The number of amides is 1. The van der Waals surface area contributed by atoms with Gasteiger partial charge in [-0.25, -0.2) is 9.97 Å². The van der Waals surface area contributed by atoms with E-state index in [9.17, 15) is 4.79 Å². The predicted octanol–water partition coefficient (Wildman–Crippen LogP) is 2.16. The molecule has 0 N–H and O–H groups in total. The molecule has 4 rings (SSSR count). The molecule has 0 aromatic carbocycles. The Morgan fingerprint density at radius 3 is 2.92 bits per heavy atom. The lowest BCUT2D eigenvalue weighted by atomic mass is 9.96. The average molecular weight is 351 g/mol. The zero-order chi connectivity index (χ0) is 17.9. The third-order valence-electron chi connectivity index (χ3n) is 5.42. The number of rotatable bonds is 3. The van der Waals surface area contributed by atoms with E-state index < -0.39 is 0 Å². The van der Waals surface area contributed by atoms with E-state index >= 15 is 0 Å². The van der Waals surface area contributed by atoms with Crippen molar-refractivity contribution < 1.29 is 4.79 Å². The molecule has 1 unspecified atom stereocenters. The van der Waals surface area contributed by atoms with Crippen molar-refractivity contribution in [3.8, 4) is 0 Å². The van der Waals surface area contributed by atoms with E-state index in [1.165, 1.54) is 12.0 Å². The number of carbonyl (C=O) groups excluding carboxylic acids is 1. The molecule has 26 heavy (non-hydrogen) atoms. The molecule has 0 aliphatic carbocycles. The van der Waals surface area contributed by atoms with Crippen molar-refractivity contribution in [1.29, 1.82) is 0 Å². The molecular formula is C20H25N5O. The third kappa shape index (κ3) is 3.75. The van der Waals surface area contributed by atoms with Gasteiger partial charge in [0, 0.05) is 69.6 Å². The third-order valence-corrected chi connectivity index (χ3v) is 5.42. The van der Waals surface area contributed by atoms with Gasteiger partial charge in [0.1, 0.15) is 5.82 Å². The molecule has 0 bridgehead atoms. The summed E-state index contributed by atoms with van der Waals surface area (Å²) in [4.78, 5) is 29.6. The van der Waals surface area contributed by atoms with Crippen molar-refractivity contribution in [2.24, 2.45) is 0 Å². The first kappa shape index (κ1) is 17.1. The second-order valence-electron chi connectivity index (χ2n) is 7.32. The smallest absolute Gasteiger partial charge is 0.219 e. The highest BCUT2D eigenvalue weighted by molar-refractivity contribution is 5.73. The van der Waals surface area contributed by atoms with Crippen LogP contribution in [0.5, 0.6) is 0 Å². The van der Waals surface area contributed by atoms with Gasteiger partial charge in [-0.3, -0.25) is 14.7 Å². The maximum absolute atomic E-state index is 11.6. The molecule has 136 valence electrons. The van der Waals surface area contributed by atoms with Crippen LogP contribution in [-0.4, -0.2) is 50.3 Å². The minimum absolute atomic E-state index is 0.124. The number of hydrogen-bond donors (Lipinski definition) is 0. The Hall–Kier alpha value is -2.34. The lowest BCUT2D eigenvalue weighted by Gasteiger charge is -2.33. The summed E-state index contributed by atoms with van der Waals surface area (Å²) in [5.74, 6) is 1.49. The molecule has 1 atom stereocenters. The van der Waals surface area contributed by atoms with Crippen molar-refractivity contribution >= 4 is 5.91 Å². The Morgan fingerprint density at radius 1 is 1.27 bits per heavy atom. The lowest BCUT2D eigenvalue weighted by Crippen LogP contribution is -2.36. The van der Waals surface area contributed by atoms with E-state index in [2.05, 4.69) is 27.0 Å². The van der Waals surface area contributed by atoms with E-state index in [0.29, 0.717) is 12.5 Å². The molecule has 1 saturated heterocycles. The van der Waals surface area contributed by atoms with Crippen LogP contribution in [0.15, 0.2) is 30.7 Å². The summed E-state index contributed by atoms with van der Waals surface area (Å²) in [5, 5.41) is 0. The van der Waals surface area contributed by atoms with Gasteiger partial charge in [-0.1, -0.05) is 0 Å². The minimum atomic E-state index is 0.124. The normalized spacial score (nSPS) is 20.7. The molecule has 6 nitrogen and oxygen atoms in total. The van der Waals surface area contributed by atoms with E-state index in [1.54, 1.807) is 6.92 Å². The highest BCUT2D eigenvalue weighted by Crippen LogP contribution is 2.27. The molecular weight excluding hydrogens is 326 g/mol. The summed E-state index contributed by atoms with van der Waals surface area (Å²) in [6, 6.07) is 4.17. The summed E-state index contributed by atoms with van der Waals surface area (Å²) in [7, 11) is 0. The largest absolute Gasteiger partial charge is 0.338 e. The number of fused-ring (bicyclic) bond motifs is 1. The zero-order valence-corrected chi connectivity index (χ0v) is 15.3. The van der Waals surface area contributed by atoms with Crippen molar-refractivity contribution in [2.45, 2.75) is 45.2 Å². The van der Waals surface area contributed by atoms with Gasteiger partial charge in [0.05, 0.1) is 5.69 Å². The van der Waals surface area contributed by atoms with Gasteiger partial charge in [-0.15, -0.1) is 0 Å². The number of pyridine rings is 1. The highest BCUT2D eigenvalue weighted by Gasteiger charge is 2.26. The number of likely N-dealkylation sites (tertiary alicyclic amines) is 1. The quantitative estimate of drug-likeness (QED) is 0.848. The van der Waals surface area contributed by atoms with Crippen molar-refractivity contribution in [3.05, 3.63) is 53.4 Å². The van der Waals surface area contributed by atoms with Crippen LogP contribution in [0.1, 0.15) is 48.3 Å².